The third kappa shape index (κ3) is 6.88. The Labute approximate surface area is 98.8 Å². The van der Waals surface area contributed by atoms with Gasteiger partial charge >= 0.3 is 99.4 Å². The predicted molar refractivity (Wildman–Crippen MR) is 73.5 cm³/mol. The van der Waals surface area contributed by atoms with Crippen LogP contribution in [-0.2, 0) is 0 Å². The van der Waals surface area contributed by atoms with Crippen molar-refractivity contribution in [2.45, 2.75) is 34.1 Å². The third-order valence-electron chi connectivity index (χ3n) is 2.16. The van der Waals surface area contributed by atoms with Gasteiger partial charge in [-0.15, -0.1) is 0 Å². The molecule has 0 rings (SSSR count). The molecule has 0 aliphatic carbocycles. The monoisotopic (exact) mass is 364 g/mol. The standard InChI is InChI=1S/3C4H7.BrH.Sn/c3*1-3-4-2;;/h3*3-4H,1H2,2H3;1H;/q;;;;+1/p-1. The van der Waals surface area contributed by atoms with Crippen LogP contribution < -0.4 is 0 Å². The van der Waals surface area contributed by atoms with E-state index >= 15 is 0 Å². The van der Waals surface area contributed by atoms with Crippen molar-refractivity contribution in [1.82, 2.24) is 0 Å². The van der Waals surface area contributed by atoms with Crippen molar-refractivity contribution >= 4 is 28.9 Å². The van der Waals surface area contributed by atoms with Crippen LogP contribution >= 0.6 is 12.7 Å². The summed E-state index contributed by atoms with van der Waals surface area (Å²) in [4.78, 5) is 0. The summed E-state index contributed by atoms with van der Waals surface area (Å²) in [5.41, 5.74) is 0. The molecule has 0 aromatic heterocycles. The minimum absolute atomic E-state index is 1.29. The topological polar surface area (TPSA) is 0 Å². The SMILES string of the molecule is CC=C[CH2][Sn]([Br])([CH2]C=CC)[CH2]C=CC. The van der Waals surface area contributed by atoms with E-state index in [1.54, 1.807) is 0 Å². The molecule has 0 bridgehead atoms. The number of hydrogen-bond donors (Lipinski definition) is 0. The van der Waals surface area contributed by atoms with Gasteiger partial charge in [0.05, 0.1) is 0 Å². The Morgan fingerprint density at radius 1 is 0.786 bits per heavy atom. The molecule has 0 saturated carbocycles. The fourth-order valence-corrected chi connectivity index (χ4v) is 12.1. The predicted octanol–water partition coefficient (Wildman–Crippen LogP) is 5.06. The molecule has 0 heterocycles. The van der Waals surface area contributed by atoms with Crippen molar-refractivity contribution in [1.29, 1.82) is 0 Å². The molecule has 14 heavy (non-hydrogen) atoms. The van der Waals surface area contributed by atoms with E-state index in [1.165, 1.54) is 13.3 Å². The zero-order valence-corrected chi connectivity index (χ0v) is 13.9. The van der Waals surface area contributed by atoms with Gasteiger partial charge in [-0.1, -0.05) is 0 Å². The second kappa shape index (κ2) is 8.78. The average molecular weight is 364 g/mol. The van der Waals surface area contributed by atoms with E-state index in [0.717, 1.165) is 0 Å². The summed E-state index contributed by atoms with van der Waals surface area (Å²) < 4.78 is 3.87. The maximum atomic E-state index is 4.04. The Balaban J connectivity index is 4.30. The van der Waals surface area contributed by atoms with Crippen molar-refractivity contribution in [3.63, 3.8) is 0 Å². The fraction of sp³-hybridized carbons (Fsp3) is 0.500. The molecule has 80 valence electrons. The first-order valence-electron chi connectivity index (χ1n) is 5.21. The first kappa shape index (κ1) is 14.5. The molecule has 0 amide bonds. The van der Waals surface area contributed by atoms with Crippen LogP contribution in [0.2, 0.25) is 13.3 Å². The van der Waals surface area contributed by atoms with E-state index < -0.39 is 16.2 Å². The van der Waals surface area contributed by atoms with E-state index in [2.05, 4.69) is 69.9 Å². The molecule has 0 atom stereocenters. The normalized spacial score (nSPS) is 17.1. The van der Waals surface area contributed by atoms with Gasteiger partial charge in [-0.25, -0.2) is 0 Å². The molecule has 0 radical (unpaired) electrons. The average Bonchev–Trinajstić information content (AvgIpc) is 2.21. The van der Waals surface area contributed by atoms with E-state index in [0.29, 0.717) is 0 Å². The zero-order chi connectivity index (χ0) is 10.9. The van der Waals surface area contributed by atoms with Crippen LogP contribution in [-0.4, -0.2) is 16.2 Å². The molecule has 0 aromatic carbocycles. The first-order chi connectivity index (χ1) is 6.68. The van der Waals surface area contributed by atoms with Crippen LogP contribution in [0.5, 0.6) is 0 Å². The molecule has 0 aliphatic heterocycles. The van der Waals surface area contributed by atoms with Crippen molar-refractivity contribution in [3.05, 3.63) is 36.5 Å². The van der Waals surface area contributed by atoms with Gasteiger partial charge in [0, 0.05) is 0 Å². The number of allylic oxidation sites excluding steroid dienone is 6. The summed E-state index contributed by atoms with van der Waals surface area (Å²) in [6.45, 7) is 6.31. The van der Waals surface area contributed by atoms with E-state index in [9.17, 15) is 0 Å². The summed E-state index contributed by atoms with van der Waals surface area (Å²) >= 11 is 2.03. The molecule has 0 spiro atoms. The van der Waals surface area contributed by atoms with Crippen LogP contribution in [0.15, 0.2) is 36.5 Å². The van der Waals surface area contributed by atoms with Gasteiger partial charge in [0.15, 0.2) is 0 Å². The molecule has 0 unspecified atom stereocenters. The summed E-state index contributed by atoms with van der Waals surface area (Å²) in [6, 6.07) is 0. The summed E-state index contributed by atoms with van der Waals surface area (Å²) in [5.74, 6) is 0. The Bertz CT molecular complexity index is 180. The molecule has 0 saturated heterocycles. The second-order valence-electron chi connectivity index (χ2n) is 3.47. The molecule has 0 nitrogen and oxygen atoms in total. The first-order valence-corrected chi connectivity index (χ1v) is 17.7. The Hall–Kier alpha value is 0.499. The maximum absolute atomic E-state index is 4.04. The fourth-order valence-electron chi connectivity index (χ4n) is 1.24. The zero-order valence-electron chi connectivity index (χ0n) is 9.46. The van der Waals surface area contributed by atoms with Crippen molar-refractivity contribution in [2.24, 2.45) is 0 Å². The molecule has 0 fully saturated rings. The van der Waals surface area contributed by atoms with Gasteiger partial charge in [0.25, 0.3) is 0 Å². The third-order valence-corrected chi connectivity index (χ3v) is 17.0. The van der Waals surface area contributed by atoms with Crippen molar-refractivity contribution in [3.8, 4) is 0 Å². The van der Waals surface area contributed by atoms with Crippen LogP contribution in [0.1, 0.15) is 20.8 Å². The van der Waals surface area contributed by atoms with Gasteiger partial charge in [0.2, 0.25) is 0 Å². The van der Waals surface area contributed by atoms with Gasteiger partial charge in [-0.05, 0) is 0 Å². The molecule has 2 heteroatoms. The number of rotatable bonds is 6. The van der Waals surface area contributed by atoms with Crippen LogP contribution in [0, 0.1) is 0 Å². The number of halogens is 1. The van der Waals surface area contributed by atoms with E-state index in [-0.39, 0.29) is 0 Å². The van der Waals surface area contributed by atoms with Gasteiger partial charge in [-0.2, -0.15) is 0 Å². The van der Waals surface area contributed by atoms with Crippen LogP contribution in [0.3, 0.4) is 0 Å². The molecular formula is C12H21BrSn. The number of hydrogen-bond acceptors (Lipinski definition) is 0. The van der Waals surface area contributed by atoms with Gasteiger partial charge in [-0.3, -0.25) is 0 Å². The molecule has 0 aromatic rings. The molecule has 0 N–H and O–H groups in total. The van der Waals surface area contributed by atoms with Crippen LogP contribution in [0.25, 0.3) is 0 Å². The Morgan fingerprint density at radius 3 is 1.29 bits per heavy atom. The summed E-state index contributed by atoms with van der Waals surface area (Å²) in [6.07, 6.45) is 13.4. The quantitative estimate of drug-likeness (QED) is 0.457. The summed E-state index contributed by atoms with van der Waals surface area (Å²) in [5, 5.41) is 0. The van der Waals surface area contributed by atoms with E-state index in [4.69, 9.17) is 0 Å². The second-order valence-corrected chi connectivity index (χ2v) is 24.8. The van der Waals surface area contributed by atoms with Gasteiger partial charge < -0.3 is 0 Å². The van der Waals surface area contributed by atoms with Crippen molar-refractivity contribution < 1.29 is 0 Å². The van der Waals surface area contributed by atoms with Crippen LogP contribution in [0.4, 0.5) is 0 Å². The minimum atomic E-state index is -2.01. The van der Waals surface area contributed by atoms with Crippen molar-refractivity contribution in [2.75, 3.05) is 0 Å². The summed E-state index contributed by atoms with van der Waals surface area (Å²) in [7, 11) is 0. The Morgan fingerprint density at radius 2 is 1.07 bits per heavy atom. The van der Waals surface area contributed by atoms with Gasteiger partial charge in [0.1, 0.15) is 0 Å². The molecule has 0 aliphatic rings. The Kier molecular flexibility index (Phi) is 9.09. The van der Waals surface area contributed by atoms with E-state index in [1.807, 2.05) is 0 Å². The molecular weight excluding hydrogens is 343 g/mol.